The van der Waals surface area contributed by atoms with Crippen molar-refractivity contribution in [2.45, 2.75) is 0 Å². The lowest BCUT2D eigenvalue weighted by molar-refractivity contribution is 0.112. The Balaban J connectivity index is 2.45. The van der Waals surface area contributed by atoms with Gasteiger partial charge in [-0.1, -0.05) is 0 Å². The third-order valence-electron chi connectivity index (χ3n) is 2.35. The largest absolute Gasteiger partial charge is 0.497 e. The Labute approximate surface area is 97.1 Å². The van der Waals surface area contributed by atoms with Gasteiger partial charge in [-0.3, -0.25) is 9.59 Å². The lowest BCUT2D eigenvalue weighted by atomic mass is 10.1. The lowest BCUT2D eigenvalue weighted by Gasteiger charge is -2.02. The van der Waals surface area contributed by atoms with Crippen LogP contribution in [0.1, 0.15) is 10.4 Å². The molecule has 0 aliphatic rings. The molecule has 0 spiro atoms. The SMILES string of the molecule is COc1ccc(-c2cc(C=O)c(=O)[nH]n2)cc1. The van der Waals surface area contributed by atoms with Crippen molar-refractivity contribution in [2.75, 3.05) is 7.11 Å². The number of aldehydes is 1. The monoisotopic (exact) mass is 230 g/mol. The molecular weight excluding hydrogens is 220 g/mol. The lowest BCUT2D eigenvalue weighted by Crippen LogP contribution is -2.13. The van der Waals surface area contributed by atoms with Gasteiger partial charge in [-0.2, -0.15) is 5.10 Å². The Morgan fingerprint density at radius 2 is 2.00 bits per heavy atom. The first kappa shape index (κ1) is 11.1. The van der Waals surface area contributed by atoms with Crippen LogP contribution in [0.25, 0.3) is 11.3 Å². The minimum absolute atomic E-state index is 0.0609. The zero-order chi connectivity index (χ0) is 12.3. The highest BCUT2D eigenvalue weighted by Crippen LogP contribution is 2.19. The second-order valence-corrected chi connectivity index (χ2v) is 3.38. The number of H-pyrrole nitrogens is 1. The van der Waals surface area contributed by atoms with E-state index in [1.165, 1.54) is 6.07 Å². The predicted molar refractivity (Wildman–Crippen MR) is 62.2 cm³/mol. The second kappa shape index (κ2) is 4.61. The number of nitrogens with zero attached hydrogens (tertiary/aromatic N) is 1. The van der Waals surface area contributed by atoms with E-state index in [0.717, 1.165) is 11.3 Å². The van der Waals surface area contributed by atoms with Gasteiger partial charge in [-0.15, -0.1) is 0 Å². The molecule has 0 fully saturated rings. The van der Waals surface area contributed by atoms with Crippen LogP contribution in [0.4, 0.5) is 0 Å². The average molecular weight is 230 g/mol. The second-order valence-electron chi connectivity index (χ2n) is 3.38. The molecule has 0 atom stereocenters. The third-order valence-corrected chi connectivity index (χ3v) is 2.35. The maximum atomic E-state index is 11.2. The number of hydrogen-bond acceptors (Lipinski definition) is 4. The Hall–Kier alpha value is -2.43. The van der Waals surface area contributed by atoms with Crippen molar-refractivity contribution in [2.24, 2.45) is 0 Å². The summed E-state index contributed by atoms with van der Waals surface area (Å²) >= 11 is 0. The fourth-order valence-corrected chi connectivity index (χ4v) is 1.42. The van der Waals surface area contributed by atoms with Gasteiger partial charge >= 0.3 is 0 Å². The van der Waals surface area contributed by atoms with E-state index in [-0.39, 0.29) is 5.56 Å². The van der Waals surface area contributed by atoms with Crippen LogP contribution in [0.2, 0.25) is 0 Å². The van der Waals surface area contributed by atoms with E-state index in [4.69, 9.17) is 4.74 Å². The molecular formula is C12H10N2O3. The minimum atomic E-state index is -0.489. The molecule has 0 bridgehead atoms. The van der Waals surface area contributed by atoms with Crippen LogP contribution in [-0.4, -0.2) is 23.6 Å². The molecule has 5 heteroatoms. The first-order valence-corrected chi connectivity index (χ1v) is 4.94. The summed E-state index contributed by atoms with van der Waals surface area (Å²) in [5.41, 5.74) is 0.905. The van der Waals surface area contributed by atoms with Gasteiger partial charge in [-0.05, 0) is 30.3 Å². The quantitative estimate of drug-likeness (QED) is 0.805. The van der Waals surface area contributed by atoms with E-state index in [1.807, 2.05) is 0 Å². The standard InChI is InChI=1S/C12H10N2O3/c1-17-10-4-2-8(3-5-10)11-6-9(7-15)12(16)14-13-11/h2-7H,1H3,(H,14,16). The smallest absolute Gasteiger partial charge is 0.274 e. The Kier molecular flexibility index (Phi) is 3.00. The normalized spacial score (nSPS) is 9.94. The topological polar surface area (TPSA) is 72.1 Å². The molecule has 0 saturated heterocycles. The van der Waals surface area contributed by atoms with Gasteiger partial charge in [0.1, 0.15) is 5.75 Å². The van der Waals surface area contributed by atoms with Crippen LogP contribution in [0, 0.1) is 0 Å². The van der Waals surface area contributed by atoms with Crippen LogP contribution in [0.5, 0.6) is 5.75 Å². The summed E-state index contributed by atoms with van der Waals surface area (Å²) in [7, 11) is 1.58. The first-order chi connectivity index (χ1) is 8.24. The van der Waals surface area contributed by atoms with E-state index in [1.54, 1.807) is 31.4 Å². The number of benzene rings is 1. The predicted octanol–water partition coefficient (Wildman–Crippen LogP) is 1.26. The molecule has 0 aliphatic heterocycles. The molecule has 2 rings (SSSR count). The number of rotatable bonds is 3. The Morgan fingerprint density at radius 3 is 2.59 bits per heavy atom. The number of ether oxygens (including phenoxy) is 1. The van der Waals surface area contributed by atoms with Crippen molar-refractivity contribution in [1.29, 1.82) is 0 Å². The fourth-order valence-electron chi connectivity index (χ4n) is 1.42. The molecule has 0 saturated carbocycles. The number of carbonyl (C=O) groups excluding carboxylic acids is 1. The molecule has 1 aromatic heterocycles. The van der Waals surface area contributed by atoms with Gasteiger partial charge in [0.05, 0.1) is 18.4 Å². The van der Waals surface area contributed by atoms with Crippen molar-refractivity contribution < 1.29 is 9.53 Å². The van der Waals surface area contributed by atoms with Crippen molar-refractivity contribution in [3.63, 3.8) is 0 Å². The molecule has 0 aliphatic carbocycles. The zero-order valence-electron chi connectivity index (χ0n) is 9.14. The van der Waals surface area contributed by atoms with Crippen LogP contribution >= 0.6 is 0 Å². The van der Waals surface area contributed by atoms with E-state index < -0.39 is 5.56 Å². The maximum Gasteiger partial charge on any atom is 0.274 e. The molecule has 1 aromatic carbocycles. The van der Waals surface area contributed by atoms with Gasteiger partial charge in [-0.25, -0.2) is 5.10 Å². The molecule has 17 heavy (non-hydrogen) atoms. The third kappa shape index (κ3) is 2.23. The van der Waals surface area contributed by atoms with Crippen molar-refractivity contribution in [3.05, 3.63) is 46.2 Å². The molecule has 1 N–H and O–H groups in total. The van der Waals surface area contributed by atoms with Crippen molar-refractivity contribution >= 4 is 6.29 Å². The summed E-state index contributed by atoms with van der Waals surface area (Å²) in [4.78, 5) is 21.8. The van der Waals surface area contributed by atoms with Gasteiger partial charge in [0, 0.05) is 5.56 Å². The number of methoxy groups -OCH3 is 1. The van der Waals surface area contributed by atoms with Crippen molar-refractivity contribution in [1.82, 2.24) is 10.2 Å². The molecule has 5 nitrogen and oxygen atoms in total. The zero-order valence-corrected chi connectivity index (χ0v) is 9.14. The molecule has 1 heterocycles. The molecule has 2 aromatic rings. The molecule has 86 valence electrons. The fraction of sp³-hybridized carbons (Fsp3) is 0.0833. The molecule has 0 amide bonds. The van der Waals surface area contributed by atoms with E-state index in [2.05, 4.69) is 10.2 Å². The van der Waals surface area contributed by atoms with Crippen LogP contribution < -0.4 is 10.3 Å². The highest BCUT2D eigenvalue weighted by atomic mass is 16.5. The van der Waals surface area contributed by atoms with Crippen LogP contribution in [-0.2, 0) is 0 Å². The number of aromatic amines is 1. The first-order valence-electron chi connectivity index (χ1n) is 4.94. The summed E-state index contributed by atoms with van der Waals surface area (Å²) in [6, 6.07) is 8.61. The van der Waals surface area contributed by atoms with E-state index >= 15 is 0 Å². The molecule has 0 unspecified atom stereocenters. The summed E-state index contributed by atoms with van der Waals surface area (Å²) < 4.78 is 5.03. The number of hydrogen-bond donors (Lipinski definition) is 1. The summed E-state index contributed by atoms with van der Waals surface area (Å²) in [5, 5.41) is 6.15. The Bertz CT molecular complexity index is 587. The van der Waals surface area contributed by atoms with Crippen LogP contribution in [0.3, 0.4) is 0 Å². The van der Waals surface area contributed by atoms with Crippen LogP contribution in [0.15, 0.2) is 35.1 Å². The summed E-state index contributed by atoms with van der Waals surface area (Å²) in [6.45, 7) is 0. The summed E-state index contributed by atoms with van der Waals surface area (Å²) in [6.07, 6.45) is 0.507. The Morgan fingerprint density at radius 1 is 1.29 bits per heavy atom. The van der Waals surface area contributed by atoms with Gasteiger partial charge < -0.3 is 4.74 Å². The number of aromatic nitrogens is 2. The highest BCUT2D eigenvalue weighted by Gasteiger charge is 2.04. The number of carbonyl (C=O) groups is 1. The van der Waals surface area contributed by atoms with E-state index in [0.29, 0.717) is 12.0 Å². The van der Waals surface area contributed by atoms with Gasteiger partial charge in [0.15, 0.2) is 6.29 Å². The van der Waals surface area contributed by atoms with E-state index in [9.17, 15) is 9.59 Å². The average Bonchev–Trinajstić information content (AvgIpc) is 2.39. The highest BCUT2D eigenvalue weighted by molar-refractivity contribution is 5.76. The molecule has 0 radical (unpaired) electrons. The van der Waals surface area contributed by atoms with Gasteiger partial charge in [0.2, 0.25) is 0 Å². The maximum absolute atomic E-state index is 11.2. The minimum Gasteiger partial charge on any atom is -0.497 e. The van der Waals surface area contributed by atoms with Crippen molar-refractivity contribution in [3.8, 4) is 17.0 Å². The van der Waals surface area contributed by atoms with Gasteiger partial charge in [0.25, 0.3) is 5.56 Å². The number of nitrogens with one attached hydrogen (secondary N) is 1. The summed E-state index contributed by atoms with van der Waals surface area (Å²) in [5.74, 6) is 0.730.